The molecule has 134 valence electrons. The number of carbonyl (C=O) groups is 1. The maximum atomic E-state index is 11.9. The first-order valence-electron chi connectivity index (χ1n) is 7.93. The molecule has 7 heteroatoms. The number of nitrogens with zero attached hydrogens (tertiary/aromatic N) is 1. The summed E-state index contributed by atoms with van der Waals surface area (Å²) in [4.78, 5) is 16.0. The average molecular weight is 370 g/mol. The highest BCUT2D eigenvalue weighted by molar-refractivity contribution is 7.11. The number of carbonyl (C=O) groups excluding carboxylic acids is 1. The van der Waals surface area contributed by atoms with E-state index < -0.39 is 0 Å². The van der Waals surface area contributed by atoms with Crippen molar-refractivity contribution < 1.29 is 19.0 Å². The Morgan fingerprint density at radius 3 is 2.38 bits per heavy atom. The van der Waals surface area contributed by atoms with Crippen molar-refractivity contribution >= 4 is 17.2 Å². The number of methoxy groups -OCH3 is 1. The average Bonchev–Trinajstić information content (AvgIpc) is 3.19. The van der Waals surface area contributed by atoms with E-state index in [1.807, 2.05) is 29.6 Å². The zero-order valence-corrected chi connectivity index (χ0v) is 15.0. The smallest absolute Gasteiger partial charge is 0.278 e. The van der Waals surface area contributed by atoms with Gasteiger partial charge in [-0.25, -0.2) is 4.98 Å². The Hall–Kier alpha value is -3.06. The van der Waals surface area contributed by atoms with Crippen molar-refractivity contribution in [3.8, 4) is 22.4 Å². The quantitative estimate of drug-likeness (QED) is 0.656. The van der Waals surface area contributed by atoms with Crippen molar-refractivity contribution in [2.45, 2.75) is 6.54 Å². The van der Waals surface area contributed by atoms with Crippen molar-refractivity contribution in [1.29, 1.82) is 0 Å². The van der Waals surface area contributed by atoms with Crippen molar-refractivity contribution in [3.63, 3.8) is 0 Å². The van der Waals surface area contributed by atoms with Gasteiger partial charge in [-0.05, 0) is 42.0 Å². The lowest BCUT2D eigenvalue weighted by Crippen LogP contribution is -2.28. The van der Waals surface area contributed by atoms with Crippen LogP contribution in [0.5, 0.6) is 22.4 Å². The van der Waals surface area contributed by atoms with E-state index in [9.17, 15) is 4.79 Å². The molecule has 0 aliphatic heterocycles. The molecule has 0 bridgehead atoms. The molecule has 1 heterocycles. The number of rotatable bonds is 8. The second-order valence-corrected chi connectivity index (χ2v) is 6.14. The van der Waals surface area contributed by atoms with Crippen molar-refractivity contribution in [2.75, 3.05) is 13.7 Å². The first-order valence-corrected chi connectivity index (χ1v) is 8.81. The molecule has 0 saturated carbocycles. The summed E-state index contributed by atoms with van der Waals surface area (Å²) in [5.74, 6) is 1.87. The number of ether oxygens (including phenoxy) is 3. The molecule has 1 aromatic heterocycles. The molecule has 0 unspecified atom stereocenters. The largest absolute Gasteiger partial charge is 0.497 e. The highest BCUT2D eigenvalue weighted by atomic mass is 32.1. The number of benzene rings is 2. The molecule has 0 atom stereocenters. The van der Waals surface area contributed by atoms with Crippen LogP contribution in [0.1, 0.15) is 5.56 Å². The van der Waals surface area contributed by atoms with E-state index in [0.29, 0.717) is 23.2 Å². The van der Waals surface area contributed by atoms with Gasteiger partial charge in [-0.15, -0.1) is 0 Å². The molecule has 3 aromatic rings. The number of aromatic nitrogens is 1. The molecule has 0 saturated heterocycles. The van der Waals surface area contributed by atoms with Gasteiger partial charge in [0.15, 0.2) is 6.61 Å². The molecular formula is C19H18N2O4S. The van der Waals surface area contributed by atoms with Crippen molar-refractivity contribution in [3.05, 3.63) is 65.7 Å². The summed E-state index contributed by atoms with van der Waals surface area (Å²) in [5, 5.41) is 5.27. The third kappa shape index (κ3) is 5.22. The van der Waals surface area contributed by atoms with Crippen LogP contribution in [-0.4, -0.2) is 24.6 Å². The summed E-state index contributed by atoms with van der Waals surface area (Å²) in [6.07, 6.45) is 1.69. The van der Waals surface area contributed by atoms with Gasteiger partial charge in [0, 0.05) is 18.1 Å². The zero-order chi connectivity index (χ0) is 18.2. The molecule has 26 heavy (non-hydrogen) atoms. The van der Waals surface area contributed by atoms with Crippen LogP contribution in [0.15, 0.2) is 60.1 Å². The molecule has 0 aliphatic carbocycles. The van der Waals surface area contributed by atoms with Crippen LogP contribution in [0.2, 0.25) is 0 Å². The van der Waals surface area contributed by atoms with Gasteiger partial charge in [0.25, 0.3) is 11.1 Å². The van der Waals surface area contributed by atoms with Crippen LogP contribution in [0, 0.1) is 0 Å². The first kappa shape index (κ1) is 17.8. The zero-order valence-electron chi connectivity index (χ0n) is 14.2. The first-order chi connectivity index (χ1) is 12.7. The van der Waals surface area contributed by atoms with Gasteiger partial charge in [-0.3, -0.25) is 4.79 Å². The fourth-order valence-corrected chi connectivity index (χ4v) is 2.61. The van der Waals surface area contributed by atoms with Crippen LogP contribution in [-0.2, 0) is 11.3 Å². The molecule has 1 N–H and O–H groups in total. The minimum atomic E-state index is -0.191. The van der Waals surface area contributed by atoms with Crippen LogP contribution < -0.4 is 19.5 Å². The monoisotopic (exact) mass is 370 g/mol. The van der Waals surface area contributed by atoms with Gasteiger partial charge >= 0.3 is 0 Å². The highest BCUT2D eigenvalue weighted by Crippen LogP contribution is 2.23. The normalized spacial score (nSPS) is 10.2. The Labute approximate surface area is 155 Å². The summed E-state index contributed by atoms with van der Waals surface area (Å²) in [7, 11) is 1.60. The van der Waals surface area contributed by atoms with E-state index in [1.165, 1.54) is 11.3 Å². The number of amides is 1. The number of nitrogens with one attached hydrogen (secondary N) is 1. The minimum absolute atomic E-state index is 0.0441. The Kier molecular flexibility index (Phi) is 6.05. The highest BCUT2D eigenvalue weighted by Gasteiger charge is 2.04. The number of hydrogen-bond donors (Lipinski definition) is 1. The number of hydrogen-bond acceptors (Lipinski definition) is 6. The molecule has 6 nitrogen and oxygen atoms in total. The van der Waals surface area contributed by atoms with Crippen LogP contribution in [0.3, 0.4) is 0 Å². The van der Waals surface area contributed by atoms with E-state index in [0.717, 1.165) is 11.3 Å². The molecule has 2 aromatic carbocycles. The molecule has 0 spiro atoms. The van der Waals surface area contributed by atoms with Crippen LogP contribution in [0.4, 0.5) is 0 Å². The fourth-order valence-electron chi connectivity index (χ4n) is 2.11. The van der Waals surface area contributed by atoms with Crippen molar-refractivity contribution in [1.82, 2.24) is 10.3 Å². The van der Waals surface area contributed by atoms with E-state index in [4.69, 9.17) is 14.2 Å². The molecule has 0 radical (unpaired) electrons. The molecule has 0 aliphatic rings. The van der Waals surface area contributed by atoms with Gasteiger partial charge in [0.05, 0.1) is 7.11 Å². The molecule has 0 fully saturated rings. The van der Waals surface area contributed by atoms with Gasteiger partial charge in [0.2, 0.25) is 0 Å². The summed E-state index contributed by atoms with van der Waals surface area (Å²) >= 11 is 1.43. The van der Waals surface area contributed by atoms with Gasteiger partial charge in [0.1, 0.15) is 17.2 Å². The standard InChI is InChI=1S/C19H18N2O4S/c1-23-15-6-8-16(9-7-15)24-13-18(22)21-12-14-2-4-17(5-3-14)25-19-20-10-11-26-19/h2-11H,12-13H2,1H3,(H,21,22). The lowest BCUT2D eigenvalue weighted by molar-refractivity contribution is -0.123. The van der Waals surface area contributed by atoms with Gasteiger partial charge in [-0.1, -0.05) is 23.5 Å². The predicted octanol–water partition coefficient (Wildman–Crippen LogP) is 3.64. The van der Waals surface area contributed by atoms with E-state index in [-0.39, 0.29) is 12.5 Å². The van der Waals surface area contributed by atoms with Crippen LogP contribution >= 0.6 is 11.3 Å². The molecular weight excluding hydrogens is 352 g/mol. The summed E-state index contributed by atoms with van der Waals surface area (Å²) in [6, 6.07) is 14.6. The molecule has 1 amide bonds. The van der Waals surface area contributed by atoms with Crippen LogP contribution in [0.25, 0.3) is 0 Å². The maximum absolute atomic E-state index is 11.9. The summed E-state index contributed by atoms with van der Waals surface area (Å²) < 4.78 is 16.1. The third-order valence-corrected chi connectivity index (χ3v) is 4.11. The minimum Gasteiger partial charge on any atom is -0.497 e. The van der Waals surface area contributed by atoms with Gasteiger partial charge < -0.3 is 19.5 Å². The van der Waals surface area contributed by atoms with Crippen molar-refractivity contribution in [2.24, 2.45) is 0 Å². The Balaban J connectivity index is 1.42. The number of thiazole rings is 1. The SMILES string of the molecule is COc1ccc(OCC(=O)NCc2ccc(Oc3nccs3)cc2)cc1. The topological polar surface area (TPSA) is 69.7 Å². The fraction of sp³-hybridized carbons (Fsp3) is 0.158. The maximum Gasteiger partial charge on any atom is 0.278 e. The lowest BCUT2D eigenvalue weighted by Gasteiger charge is -2.09. The summed E-state index contributed by atoms with van der Waals surface area (Å²) in [6.45, 7) is 0.375. The second-order valence-electron chi connectivity index (χ2n) is 5.28. The molecule has 3 rings (SSSR count). The van der Waals surface area contributed by atoms with E-state index in [1.54, 1.807) is 37.6 Å². The second kappa shape index (κ2) is 8.87. The van der Waals surface area contributed by atoms with Gasteiger partial charge in [-0.2, -0.15) is 0 Å². The third-order valence-electron chi connectivity index (χ3n) is 3.46. The predicted molar refractivity (Wildman–Crippen MR) is 99.0 cm³/mol. The van der Waals surface area contributed by atoms with E-state index in [2.05, 4.69) is 10.3 Å². The Morgan fingerprint density at radius 1 is 1.04 bits per heavy atom. The lowest BCUT2D eigenvalue weighted by atomic mass is 10.2. The summed E-state index contributed by atoms with van der Waals surface area (Å²) in [5.41, 5.74) is 0.967. The Morgan fingerprint density at radius 2 is 1.73 bits per heavy atom. The Bertz CT molecular complexity index is 818. The van der Waals surface area contributed by atoms with E-state index >= 15 is 0 Å².